The second-order valence-electron chi connectivity index (χ2n) is 7.00. The highest BCUT2D eigenvalue weighted by molar-refractivity contribution is 9.10. The van der Waals surface area contributed by atoms with Crippen LogP contribution in [-0.2, 0) is 12.8 Å². The highest BCUT2D eigenvalue weighted by Gasteiger charge is 2.35. The maximum Gasteiger partial charge on any atom is 0.322 e. The molecular formula is C23H23BrN2OS. The lowest BCUT2D eigenvalue weighted by Gasteiger charge is -2.36. The van der Waals surface area contributed by atoms with Crippen molar-refractivity contribution in [3.8, 4) is 0 Å². The Bertz CT molecular complexity index is 999. The molecule has 144 valence electrons. The zero-order valence-electron chi connectivity index (χ0n) is 16.0. The van der Waals surface area contributed by atoms with Gasteiger partial charge in [0.1, 0.15) is 0 Å². The Hall–Kier alpha value is -2.11. The first kappa shape index (κ1) is 19.2. The maximum atomic E-state index is 13.3. The van der Waals surface area contributed by atoms with Crippen LogP contribution in [0.25, 0.3) is 0 Å². The third-order valence-electron chi connectivity index (χ3n) is 5.36. The van der Waals surface area contributed by atoms with Gasteiger partial charge in [0.25, 0.3) is 0 Å². The molecule has 2 heterocycles. The third kappa shape index (κ3) is 3.49. The number of carbonyl (C=O) groups is 1. The minimum atomic E-state index is -0.0597. The van der Waals surface area contributed by atoms with E-state index in [0.717, 1.165) is 28.6 Å². The molecule has 1 aliphatic heterocycles. The van der Waals surface area contributed by atoms with Crippen LogP contribution in [-0.4, -0.2) is 17.5 Å². The number of amides is 2. The Labute approximate surface area is 178 Å². The second-order valence-corrected chi connectivity index (χ2v) is 9.11. The summed E-state index contributed by atoms with van der Waals surface area (Å²) >= 11 is 5.37. The number of para-hydroxylation sites is 1. The minimum absolute atomic E-state index is 0.0450. The van der Waals surface area contributed by atoms with Gasteiger partial charge in [0, 0.05) is 20.8 Å². The lowest BCUT2D eigenvalue weighted by Crippen LogP contribution is -2.42. The van der Waals surface area contributed by atoms with Gasteiger partial charge in [-0.3, -0.25) is 0 Å². The summed E-state index contributed by atoms with van der Waals surface area (Å²) in [6, 6.07) is 18.0. The maximum absolute atomic E-state index is 13.3. The first-order chi connectivity index (χ1) is 13.6. The summed E-state index contributed by atoms with van der Waals surface area (Å²) in [6.07, 6.45) is 1.96. The molecule has 0 radical (unpaired) electrons. The molecule has 0 fully saturated rings. The van der Waals surface area contributed by atoms with Crippen molar-refractivity contribution in [2.75, 3.05) is 11.9 Å². The average molecular weight is 455 g/mol. The van der Waals surface area contributed by atoms with Gasteiger partial charge in [-0.15, -0.1) is 11.3 Å². The lowest BCUT2D eigenvalue weighted by molar-refractivity contribution is 0.195. The first-order valence-corrected chi connectivity index (χ1v) is 11.2. The van der Waals surface area contributed by atoms with Crippen molar-refractivity contribution >= 4 is 39.0 Å². The monoisotopic (exact) mass is 454 g/mol. The SMILES string of the molecule is CCc1c(C)sc2c1CCN(C(=O)Nc1ccccc1Br)[C@@H]2c1ccccc1. The van der Waals surface area contributed by atoms with Gasteiger partial charge in [0.15, 0.2) is 0 Å². The Balaban J connectivity index is 1.74. The summed E-state index contributed by atoms with van der Waals surface area (Å²) in [6.45, 7) is 5.14. The molecule has 0 aliphatic carbocycles. The smallest absolute Gasteiger partial charge is 0.312 e. The number of halogens is 1. The number of nitrogens with one attached hydrogen (secondary N) is 1. The quantitative estimate of drug-likeness (QED) is 0.477. The van der Waals surface area contributed by atoms with Crippen molar-refractivity contribution < 1.29 is 4.79 Å². The number of hydrogen-bond donors (Lipinski definition) is 1. The van der Waals surface area contributed by atoms with Gasteiger partial charge < -0.3 is 10.2 Å². The molecule has 2 aromatic carbocycles. The zero-order valence-corrected chi connectivity index (χ0v) is 18.4. The van der Waals surface area contributed by atoms with E-state index in [1.54, 1.807) is 0 Å². The van der Waals surface area contributed by atoms with E-state index in [-0.39, 0.29) is 12.1 Å². The van der Waals surface area contributed by atoms with E-state index in [9.17, 15) is 4.79 Å². The highest BCUT2D eigenvalue weighted by atomic mass is 79.9. The molecule has 0 bridgehead atoms. The molecule has 0 spiro atoms. The molecule has 1 aliphatic rings. The van der Waals surface area contributed by atoms with Crippen molar-refractivity contribution in [2.45, 2.75) is 32.7 Å². The molecule has 1 aromatic heterocycles. The Kier molecular flexibility index (Phi) is 5.56. The van der Waals surface area contributed by atoms with E-state index in [4.69, 9.17) is 0 Å². The predicted molar refractivity (Wildman–Crippen MR) is 120 cm³/mol. The van der Waals surface area contributed by atoms with Crippen LogP contribution >= 0.6 is 27.3 Å². The fourth-order valence-corrected chi connectivity index (χ4v) is 5.87. The zero-order chi connectivity index (χ0) is 19.7. The first-order valence-electron chi connectivity index (χ1n) is 9.58. The fraction of sp³-hybridized carbons (Fsp3) is 0.261. The van der Waals surface area contributed by atoms with E-state index in [2.05, 4.69) is 59.4 Å². The van der Waals surface area contributed by atoms with Crippen LogP contribution in [0, 0.1) is 6.92 Å². The molecule has 5 heteroatoms. The normalized spacial score (nSPS) is 16.0. The summed E-state index contributed by atoms with van der Waals surface area (Å²) < 4.78 is 0.887. The van der Waals surface area contributed by atoms with Crippen LogP contribution in [0.5, 0.6) is 0 Å². The van der Waals surface area contributed by atoms with Crippen molar-refractivity contribution in [3.63, 3.8) is 0 Å². The minimum Gasteiger partial charge on any atom is -0.312 e. The van der Waals surface area contributed by atoms with Gasteiger partial charge in [-0.1, -0.05) is 49.4 Å². The van der Waals surface area contributed by atoms with E-state index in [0.29, 0.717) is 6.54 Å². The summed E-state index contributed by atoms with van der Waals surface area (Å²) in [5, 5.41) is 3.09. The molecule has 0 saturated heterocycles. The number of thiophene rings is 1. The predicted octanol–water partition coefficient (Wildman–Crippen LogP) is 6.56. The number of anilines is 1. The summed E-state index contributed by atoms with van der Waals surface area (Å²) in [5.41, 5.74) is 4.87. The number of benzene rings is 2. The summed E-state index contributed by atoms with van der Waals surface area (Å²) in [4.78, 5) is 17.9. The van der Waals surface area contributed by atoms with E-state index >= 15 is 0 Å². The van der Waals surface area contributed by atoms with Crippen molar-refractivity contribution in [2.24, 2.45) is 0 Å². The molecule has 4 rings (SSSR count). The lowest BCUT2D eigenvalue weighted by atomic mass is 9.92. The molecule has 3 aromatic rings. The second kappa shape index (κ2) is 8.10. The number of carbonyl (C=O) groups excluding carboxylic acids is 1. The van der Waals surface area contributed by atoms with E-state index in [1.807, 2.05) is 46.6 Å². The molecule has 2 amide bonds. The molecule has 0 saturated carbocycles. The molecule has 0 unspecified atom stereocenters. The summed E-state index contributed by atoms with van der Waals surface area (Å²) in [5.74, 6) is 0. The van der Waals surface area contributed by atoms with Gasteiger partial charge in [-0.05, 0) is 64.5 Å². The molecule has 28 heavy (non-hydrogen) atoms. The van der Waals surface area contributed by atoms with Crippen molar-refractivity contribution in [1.82, 2.24) is 4.90 Å². The molecule has 1 N–H and O–H groups in total. The van der Waals surface area contributed by atoms with Crippen LogP contribution in [0.2, 0.25) is 0 Å². The van der Waals surface area contributed by atoms with Crippen molar-refractivity contribution in [3.05, 3.63) is 85.5 Å². The third-order valence-corrected chi connectivity index (χ3v) is 7.29. The van der Waals surface area contributed by atoms with Gasteiger partial charge in [0.2, 0.25) is 0 Å². The average Bonchev–Trinajstić information content (AvgIpc) is 3.04. The number of nitrogens with zero attached hydrogens (tertiary/aromatic N) is 1. The Morgan fingerprint density at radius 3 is 2.61 bits per heavy atom. The van der Waals surface area contributed by atoms with Crippen LogP contribution < -0.4 is 5.32 Å². The molecule has 1 atom stereocenters. The standard InChI is InChI=1S/C23H23BrN2OS/c1-3-17-15(2)28-22-18(17)13-14-26(21(22)16-9-5-4-6-10-16)23(27)25-20-12-8-7-11-19(20)24/h4-12,21H,3,13-14H2,1-2H3,(H,25,27)/t21-/m1/s1. The van der Waals surface area contributed by atoms with Crippen LogP contribution in [0.15, 0.2) is 59.1 Å². The van der Waals surface area contributed by atoms with Gasteiger partial charge in [-0.2, -0.15) is 0 Å². The largest absolute Gasteiger partial charge is 0.322 e. The van der Waals surface area contributed by atoms with Crippen LogP contribution in [0.3, 0.4) is 0 Å². The Morgan fingerprint density at radius 2 is 1.89 bits per heavy atom. The van der Waals surface area contributed by atoms with Gasteiger partial charge in [-0.25, -0.2) is 4.79 Å². The Morgan fingerprint density at radius 1 is 1.18 bits per heavy atom. The van der Waals surface area contributed by atoms with Gasteiger partial charge in [0.05, 0.1) is 11.7 Å². The van der Waals surface area contributed by atoms with Crippen LogP contribution in [0.1, 0.15) is 39.4 Å². The number of fused-ring (bicyclic) bond motifs is 1. The number of urea groups is 1. The molecular weight excluding hydrogens is 432 g/mol. The fourth-order valence-electron chi connectivity index (χ4n) is 4.04. The number of aryl methyl sites for hydroxylation is 1. The summed E-state index contributed by atoms with van der Waals surface area (Å²) in [7, 11) is 0. The van der Waals surface area contributed by atoms with Crippen molar-refractivity contribution in [1.29, 1.82) is 0 Å². The van der Waals surface area contributed by atoms with E-state index in [1.165, 1.54) is 20.9 Å². The highest BCUT2D eigenvalue weighted by Crippen LogP contribution is 2.43. The van der Waals surface area contributed by atoms with Crippen LogP contribution in [0.4, 0.5) is 10.5 Å². The number of hydrogen-bond acceptors (Lipinski definition) is 2. The topological polar surface area (TPSA) is 32.3 Å². The van der Waals surface area contributed by atoms with Gasteiger partial charge >= 0.3 is 6.03 Å². The number of rotatable bonds is 3. The molecule has 3 nitrogen and oxygen atoms in total. The van der Waals surface area contributed by atoms with E-state index < -0.39 is 0 Å².